The second-order valence-corrected chi connectivity index (χ2v) is 9.76. The van der Waals surface area contributed by atoms with Gasteiger partial charge in [-0.2, -0.15) is 5.10 Å². The van der Waals surface area contributed by atoms with Crippen molar-refractivity contribution in [1.29, 1.82) is 0 Å². The minimum Gasteiger partial charge on any atom is -0.372 e. The Morgan fingerprint density at radius 2 is 2.03 bits per heavy atom. The maximum absolute atomic E-state index is 12.4. The number of piperazine rings is 1. The maximum atomic E-state index is 12.4. The Morgan fingerprint density at radius 3 is 2.58 bits per heavy atom. The first-order valence-corrected chi connectivity index (χ1v) is 12.8. The van der Waals surface area contributed by atoms with Gasteiger partial charge in [-0.3, -0.25) is 4.98 Å². The predicted octanol–water partition coefficient (Wildman–Crippen LogP) is 3.34. The second-order valence-electron chi connectivity index (χ2n) is 9.76. The zero-order chi connectivity index (χ0) is 25.7. The van der Waals surface area contributed by atoms with E-state index in [-0.39, 0.29) is 17.7 Å². The molecule has 36 heavy (non-hydrogen) atoms. The molecule has 0 unspecified atom stereocenters. The van der Waals surface area contributed by atoms with Gasteiger partial charge in [0.15, 0.2) is 0 Å². The van der Waals surface area contributed by atoms with E-state index in [1.165, 1.54) is 0 Å². The van der Waals surface area contributed by atoms with Gasteiger partial charge in [-0.05, 0) is 52.3 Å². The van der Waals surface area contributed by atoms with Crippen molar-refractivity contribution in [1.82, 2.24) is 30.1 Å². The first-order chi connectivity index (χ1) is 17.4. The quantitative estimate of drug-likeness (QED) is 0.578. The van der Waals surface area contributed by atoms with Crippen LogP contribution in [0.25, 0.3) is 17.0 Å². The van der Waals surface area contributed by atoms with Gasteiger partial charge in [0.1, 0.15) is 5.60 Å². The highest BCUT2D eigenvalue weighted by Crippen LogP contribution is 2.33. The molecule has 4 heterocycles. The molecule has 2 amide bonds. The van der Waals surface area contributed by atoms with Crippen molar-refractivity contribution in [3.05, 3.63) is 47.9 Å². The van der Waals surface area contributed by atoms with E-state index in [1.54, 1.807) is 11.8 Å². The first-order valence-electron chi connectivity index (χ1n) is 12.8. The minimum absolute atomic E-state index is 0.00104. The van der Waals surface area contributed by atoms with Crippen LogP contribution in [0.4, 0.5) is 4.79 Å². The number of piperidine rings is 1. The third kappa shape index (κ3) is 5.32. The largest absolute Gasteiger partial charge is 0.372 e. The number of ether oxygens (including phenoxy) is 1. The second kappa shape index (κ2) is 11.3. The Kier molecular flexibility index (Phi) is 8.11. The van der Waals surface area contributed by atoms with E-state index in [0.717, 1.165) is 67.2 Å². The molecule has 9 heteroatoms. The van der Waals surface area contributed by atoms with Gasteiger partial charge >= 0.3 is 6.03 Å². The third-order valence-corrected chi connectivity index (χ3v) is 7.13. The molecule has 2 aliphatic rings. The molecule has 0 aromatic carbocycles. The molecule has 194 valence electrons. The number of pyridine rings is 1. The summed E-state index contributed by atoms with van der Waals surface area (Å²) in [5.41, 5.74) is 4.65. The van der Waals surface area contributed by atoms with Gasteiger partial charge in [-0.1, -0.05) is 12.1 Å². The zero-order valence-corrected chi connectivity index (χ0v) is 22.0. The minimum atomic E-state index is -0.324. The number of carbonyl (C=O) groups excluding carboxylic acids is 1. The predicted molar refractivity (Wildman–Crippen MR) is 144 cm³/mol. The van der Waals surface area contributed by atoms with E-state index >= 15 is 0 Å². The highest BCUT2D eigenvalue weighted by molar-refractivity contribution is 5.75. The number of nitrogens with zero attached hydrogens (tertiary/aromatic N) is 5. The molecule has 2 aromatic heterocycles. The zero-order valence-electron chi connectivity index (χ0n) is 22.0. The van der Waals surface area contributed by atoms with Crippen LogP contribution >= 0.6 is 0 Å². The lowest BCUT2D eigenvalue weighted by molar-refractivity contribution is -0.0335. The number of rotatable bonds is 7. The summed E-state index contributed by atoms with van der Waals surface area (Å²) in [5.74, 6) is 0. The van der Waals surface area contributed by atoms with Crippen molar-refractivity contribution in [3.63, 3.8) is 0 Å². The van der Waals surface area contributed by atoms with Crippen LogP contribution in [0.3, 0.4) is 0 Å². The Morgan fingerprint density at radius 1 is 1.28 bits per heavy atom. The smallest absolute Gasteiger partial charge is 0.317 e. The van der Waals surface area contributed by atoms with E-state index in [4.69, 9.17) is 9.72 Å². The van der Waals surface area contributed by atoms with Crippen LogP contribution in [0, 0.1) is 0 Å². The van der Waals surface area contributed by atoms with Crippen molar-refractivity contribution in [2.24, 2.45) is 5.10 Å². The van der Waals surface area contributed by atoms with E-state index in [0.29, 0.717) is 13.1 Å². The summed E-state index contributed by atoms with van der Waals surface area (Å²) in [7, 11) is 1.78. The van der Waals surface area contributed by atoms with Gasteiger partial charge in [-0.25, -0.2) is 9.47 Å². The van der Waals surface area contributed by atoms with Crippen LogP contribution in [-0.4, -0.2) is 84.6 Å². The van der Waals surface area contributed by atoms with Crippen LogP contribution in [-0.2, 0) is 10.3 Å². The molecule has 2 N–H and O–H groups in total. The van der Waals surface area contributed by atoms with Crippen LogP contribution in [0.1, 0.15) is 44.9 Å². The summed E-state index contributed by atoms with van der Waals surface area (Å²) >= 11 is 0. The van der Waals surface area contributed by atoms with Crippen LogP contribution in [0.15, 0.2) is 41.8 Å². The topological polar surface area (TPSA) is 87.0 Å². The number of carbonyl (C=O) groups is 1. The Bertz CT molecular complexity index is 1080. The summed E-state index contributed by atoms with van der Waals surface area (Å²) in [4.78, 5) is 21.4. The highest BCUT2D eigenvalue weighted by Gasteiger charge is 2.34. The summed E-state index contributed by atoms with van der Waals surface area (Å²) < 4.78 is 7.74. The number of methoxy groups -OCH3 is 1. The van der Waals surface area contributed by atoms with Crippen molar-refractivity contribution in [2.45, 2.75) is 45.3 Å². The molecule has 4 rings (SSSR count). The standard InChI is InChI=1S/C27H39N7O2/c1-6-24(32-12-14-33(15-13-32)26(35)31-20(2)3)25-16-21(18-34(25)28-4)23-9-8-22(17-30-23)27(36-5)10-7-11-29-19-27/h6,8-9,16-18,20,29H,4,7,10-15,19H2,1-3,5H3,(H,31,35)/b24-6+/t27-/m1/s1. The van der Waals surface area contributed by atoms with Crippen molar-refractivity contribution >= 4 is 18.4 Å². The molecule has 9 nitrogen and oxygen atoms in total. The number of urea groups is 1. The lowest BCUT2D eigenvalue weighted by Gasteiger charge is -2.37. The molecule has 0 spiro atoms. The molecule has 2 saturated heterocycles. The number of nitrogens with one attached hydrogen (secondary N) is 2. The maximum Gasteiger partial charge on any atom is 0.317 e. The molecule has 0 radical (unpaired) electrons. The first kappa shape index (κ1) is 25.9. The van der Waals surface area contributed by atoms with Crippen molar-refractivity contribution < 1.29 is 9.53 Å². The van der Waals surface area contributed by atoms with Crippen molar-refractivity contribution in [3.8, 4) is 11.3 Å². The highest BCUT2D eigenvalue weighted by atomic mass is 16.5. The lowest BCUT2D eigenvalue weighted by Crippen LogP contribution is -2.52. The molecule has 0 bridgehead atoms. The lowest BCUT2D eigenvalue weighted by atomic mass is 9.87. The van der Waals surface area contributed by atoms with E-state index in [1.807, 2.05) is 38.1 Å². The Hall–Kier alpha value is -3.17. The van der Waals surface area contributed by atoms with Crippen LogP contribution in [0.5, 0.6) is 0 Å². The van der Waals surface area contributed by atoms with Gasteiger partial charge < -0.3 is 25.2 Å². The molecule has 2 aliphatic heterocycles. The van der Waals surface area contributed by atoms with Gasteiger partial charge in [0.05, 0.1) is 17.1 Å². The Labute approximate surface area is 214 Å². The number of hydrogen-bond donors (Lipinski definition) is 2. The van der Waals surface area contributed by atoms with E-state index in [9.17, 15) is 4.79 Å². The molecule has 0 aliphatic carbocycles. The molecular formula is C27H39N7O2. The van der Waals surface area contributed by atoms with Gasteiger partial charge in [0.2, 0.25) is 0 Å². The number of aromatic nitrogens is 2. The normalized spacial score (nSPS) is 21.1. The van der Waals surface area contributed by atoms with E-state index < -0.39 is 0 Å². The van der Waals surface area contributed by atoms with E-state index in [2.05, 4.69) is 51.6 Å². The monoisotopic (exact) mass is 493 g/mol. The Balaban J connectivity index is 1.51. The average Bonchev–Trinajstić information content (AvgIpc) is 3.33. The molecule has 0 saturated carbocycles. The summed E-state index contributed by atoms with van der Waals surface area (Å²) in [6, 6.07) is 6.41. The fourth-order valence-electron chi connectivity index (χ4n) is 5.13. The van der Waals surface area contributed by atoms with Gasteiger partial charge in [-0.15, -0.1) is 0 Å². The number of hydrogen-bond acceptors (Lipinski definition) is 6. The SMILES string of the molecule is C=Nn1cc(-c2ccc([C@@]3(OC)CCCNC3)cn2)cc1/C(=C\C)N1CCN(C(=O)NC(C)C)CC1. The molecule has 2 aromatic rings. The fraction of sp³-hybridized carbons (Fsp3) is 0.519. The van der Waals surface area contributed by atoms with Crippen LogP contribution < -0.4 is 10.6 Å². The average molecular weight is 494 g/mol. The molecule has 1 atom stereocenters. The molecular weight excluding hydrogens is 454 g/mol. The van der Waals surface area contributed by atoms with Crippen molar-refractivity contribution in [2.75, 3.05) is 46.4 Å². The number of amides is 2. The fourth-order valence-corrected chi connectivity index (χ4v) is 5.13. The third-order valence-electron chi connectivity index (χ3n) is 7.13. The summed E-state index contributed by atoms with van der Waals surface area (Å²) in [6.07, 6.45) is 8.06. The number of allylic oxidation sites excluding steroid dienone is 1. The van der Waals surface area contributed by atoms with Crippen LogP contribution in [0.2, 0.25) is 0 Å². The molecule has 2 fully saturated rings. The summed E-state index contributed by atoms with van der Waals surface area (Å²) in [5, 5.41) is 10.7. The van der Waals surface area contributed by atoms with Gasteiger partial charge in [0, 0.05) is 76.1 Å². The van der Waals surface area contributed by atoms with Gasteiger partial charge in [0.25, 0.3) is 0 Å². The summed E-state index contributed by atoms with van der Waals surface area (Å²) in [6.45, 7) is 14.4.